The molecule has 15 heteroatoms. The number of para-hydroxylation sites is 1. The first-order chi connectivity index (χ1) is 71.4. The Balaban J connectivity index is 0.0000000961. The van der Waals surface area contributed by atoms with E-state index in [1.807, 2.05) is 152 Å². The second kappa shape index (κ2) is 35.3. The van der Waals surface area contributed by atoms with E-state index in [0.717, 1.165) is 250 Å². The van der Waals surface area contributed by atoms with Crippen LogP contribution in [-0.4, -0.2) is 34.9 Å². The molecule has 0 aliphatic carbocycles. The Kier molecular flexibility index (Phi) is 20.5. The fourth-order valence-corrected chi connectivity index (χ4v) is 20.6. The number of nitrogens with zero attached hydrogens (tertiary/aromatic N) is 11. The molecular formula is C129H81N11O4. The summed E-state index contributed by atoms with van der Waals surface area (Å²) in [6.45, 7) is 0. The van der Waals surface area contributed by atoms with Gasteiger partial charge >= 0.3 is 0 Å². The van der Waals surface area contributed by atoms with Gasteiger partial charge in [0.2, 0.25) is 11.9 Å². The monoisotopic (exact) mass is 1850 g/mol. The summed E-state index contributed by atoms with van der Waals surface area (Å²) >= 11 is 0. The molecule has 0 spiro atoms. The van der Waals surface area contributed by atoms with E-state index >= 15 is 0 Å². The highest BCUT2D eigenvalue weighted by Gasteiger charge is 2.37. The third kappa shape index (κ3) is 14.7. The maximum absolute atomic E-state index is 6.71. The summed E-state index contributed by atoms with van der Waals surface area (Å²) in [6.07, 6.45) is 9.43. The minimum absolute atomic E-state index is 0.595. The highest BCUT2D eigenvalue weighted by molar-refractivity contribution is 6.14. The van der Waals surface area contributed by atoms with Crippen LogP contribution in [0.25, 0.3) is 153 Å². The lowest BCUT2D eigenvalue weighted by atomic mass is 9.99. The van der Waals surface area contributed by atoms with Crippen LogP contribution < -0.4 is 38.5 Å². The molecule has 0 fully saturated rings. The van der Waals surface area contributed by atoms with Crippen LogP contribution in [0.3, 0.4) is 0 Å². The van der Waals surface area contributed by atoms with E-state index in [-0.39, 0.29) is 0 Å². The Morgan fingerprint density at radius 3 is 0.910 bits per heavy atom. The van der Waals surface area contributed by atoms with Crippen molar-refractivity contribution in [2.75, 3.05) is 19.6 Å². The van der Waals surface area contributed by atoms with Crippen molar-refractivity contribution in [2.45, 2.75) is 0 Å². The van der Waals surface area contributed by atoms with Crippen LogP contribution in [0.1, 0.15) is 0 Å². The van der Waals surface area contributed by atoms with E-state index < -0.39 is 0 Å². The molecule has 9 heterocycles. The van der Waals surface area contributed by atoms with Gasteiger partial charge in [-0.3, -0.25) is 24.8 Å². The van der Waals surface area contributed by atoms with Gasteiger partial charge in [-0.1, -0.05) is 358 Å². The summed E-state index contributed by atoms with van der Waals surface area (Å²) in [5.74, 6) is 7.81. The molecule has 15 nitrogen and oxygen atoms in total. The molecule has 0 unspecified atom stereocenters. The Labute approximate surface area is 827 Å². The molecule has 676 valence electrons. The smallest absolute Gasteiger partial charge is 0.236 e. The van der Waals surface area contributed by atoms with E-state index in [2.05, 4.69) is 374 Å². The molecule has 26 aromatic rings. The zero-order valence-electron chi connectivity index (χ0n) is 77.3. The summed E-state index contributed by atoms with van der Waals surface area (Å²) < 4.78 is 26.5. The van der Waals surface area contributed by atoms with E-state index in [0.29, 0.717) is 11.9 Å². The van der Waals surface area contributed by atoms with Crippen molar-refractivity contribution in [3.63, 3.8) is 0 Å². The predicted octanol–water partition coefficient (Wildman–Crippen LogP) is 35.0. The molecule has 0 saturated carbocycles. The molecule has 21 aromatic carbocycles. The topological polar surface area (TPSA) is 140 Å². The number of anilines is 12. The number of hydrogen-bond acceptors (Lipinski definition) is 15. The van der Waals surface area contributed by atoms with Crippen LogP contribution in [0, 0.1) is 0 Å². The lowest BCUT2D eigenvalue weighted by Crippen LogP contribution is -2.19. The normalized spacial score (nSPS) is 12.3. The van der Waals surface area contributed by atoms with Gasteiger partial charge in [0, 0.05) is 112 Å². The first-order valence-electron chi connectivity index (χ1n) is 48.0. The molecule has 0 radical (unpaired) electrons. The summed E-state index contributed by atoms with van der Waals surface area (Å²) in [5.41, 5.74) is 18.4. The maximum Gasteiger partial charge on any atom is 0.236 e. The SMILES string of the molecule is c1ccc(-c2cc(-c3ccccc3)nc(N3c4ccc5ccccc5c4Oc4ccc5ccccc5c43)n2)cc1.c1ccc(-c2cc(-c3ccccn3)cc(N3c4ccc5ccccc5c4Oc4ccc5ccccc5c43)c2)nc1.c1ccc2c(N3c4ccc5ccccc5c4Oc4ccc5ccccc5c43)cncc2c1.c1ccc2nc(N3c4ccc5ccccc5c4Oc4ccc5ccccc5c43)ncc2c1. The zero-order chi connectivity index (χ0) is 95.1. The van der Waals surface area contributed by atoms with Crippen LogP contribution in [-0.2, 0) is 0 Å². The average Bonchev–Trinajstić information content (AvgIpc) is 0.726. The van der Waals surface area contributed by atoms with Crippen molar-refractivity contribution < 1.29 is 18.9 Å². The molecule has 5 aromatic heterocycles. The first-order valence-corrected chi connectivity index (χ1v) is 48.0. The van der Waals surface area contributed by atoms with E-state index in [1.165, 1.54) is 5.39 Å². The van der Waals surface area contributed by atoms with Crippen molar-refractivity contribution in [2.24, 2.45) is 0 Å². The van der Waals surface area contributed by atoms with E-state index in [1.54, 1.807) is 0 Å². The number of ether oxygens (including phenoxy) is 4. The summed E-state index contributed by atoms with van der Waals surface area (Å²) in [6, 6.07) is 159. The Morgan fingerprint density at radius 1 is 0.181 bits per heavy atom. The lowest BCUT2D eigenvalue weighted by Gasteiger charge is -2.35. The third-order valence-electron chi connectivity index (χ3n) is 27.3. The average molecular weight is 1850 g/mol. The van der Waals surface area contributed by atoms with Crippen LogP contribution in [0.15, 0.2) is 492 Å². The maximum atomic E-state index is 6.71. The molecule has 4 aliphatic rings. The number of aromatic nitrogens is 7. The summed E-state index contributed by atoms with van der Waals surface area (Å²) in [5, 5.41) is 21.2. The third-order valence-corrected chi connectivity index (χ3v) is 27.3. The Hall–Kier alpha value is -19.8. The van der Waals surface area contributed by atoms with Crippen LogP contribution >= 0.6 is 0 Å². The molecule has 0 N–H and O–H groups in total. The van der Waals surface area contributed by atoms with Gasteiger partial charge in [-0.25, -0.2) is 19.9 Å². The fourth-order valence-electron chi connectivity index (χ4n) is 20.6. The van der Waals surface area contributed by atoms with E-state index in [9.17, 15) is 0 Å². The standard InChI is InChI=1S/2C36H23N3O.C29H18N2O.C28H17N3O/c1-3-11-29-24(9-1)16-18-34-35(29)39(33-17-15-25-10-2-4-12-30(25)36(33)40-34)28-22-26(31-13-5-7-19-37-31)21-27(23-28)32-14-6-8-20-38-32;1-3-13-26(14-4-1)30-23-31(27-15-5-2-6-16-27)38-36(37-30)39-32-21-19-25-12-8-10-18-29(25)35(32)40-33-22-20-24-11-7-9-17-28(24)34(33)39;1-5-11-23-19(7-1)14-16-27-28(23)31(26-18-30-17-21-9-3-4-10-22(21)26)25-15-13-20-8-2-6-12-24(20)29(25)32-27;1-4-10-21-18(7-1)14-16-25-26(21)31(28-29-17-20-9-3-6-12-23(20)30-28)24-15-13-19-8-2-5-11-22(19)27(24)32-25/h2*1-23H;1-18H;1-17H. The van der Waals surface area contributed by atoms with Crippen LogP contribution in [0.2, 0.25) is 0 Å². The molecule has 0 saturated heterocycles. The number of fused-ring (bicyclic) bond motifs is 26. The molecule has 30 rings (SSSR count). The largest absolute Gasteiger partial charge is 0.452 e. The van der Waals surface area contributed by atoms with Crippen molar-refractivity contribution in [1.29, 1.82) is 0 Å². The fraction of sp³-hybridized carbons (Fsp3) is 0. The quantitative estimate of drug-likeness (QED) is 0.142. The molecule has 0 bridgehead atoms. The van der Waals surface area contributed by atoms with Crippen molar-refractivity contribution in [1.82, 2.24) is 34.9 Å². The number of benzene rings is 21. The van der Waals surface area contributed by atoms with Gasteiger partial charge in [-0.2, -0.15) is 0 Å². The summed E-state index contributed by atoms with van der Waals surface area (Å²) in [7, 11) is 0. The molecule has 4 aliphatic heterocycles. The second-order valence-electron chi connectivity index (χ2n) is 35.8. The zero-order valence-corrected chi connectivity index (χ0v) is 77.3. The van der Waals surface area contributed by atoms with Gasteiger partial charge < -0.3 is 28.7 Å². The Bertz CT molecular complexity index is 9190. The highest BCUT2D eigenvalue weighted by atomic mass is 16.5. The molecule has 0 amide bonds. The lowest BCUT2D eigenvalue weighted by molar-refractivity contribution is 0.483. The van der Waals surface area contributed by atoms with Crippen molar-refractivity contribution >= 4 is 177 Å². The summed E-state index contributed by atoms with van der Waals surface area (Å²) in [4.78, 5) is 43.0. The van der Waals surface area contributed by atoms with Crippen LogP contribution in [0.4, 0.5) is 68.8 Å². The van der Waals surface area contributed by atoms with Crippen molar-refractivity contribution in [3.8, 4) is 91.0 Å². The van der Waals surface area contributed by atoms with Gasteiger partial charge in [0.05, 0.1) is 85.7 Å². The highest BCUT2D eigenvalue weighted by Crippen LogP contribution is 2.61. The Morgan fingerprint density at radius 2 is 0.500 bits per heavy atom. The first kappa shape index (κ1) is 83.6. The van der Waals surface area contributed by atoms with Gasteiger partial charge in [0.1, 0.15) is 0 Å². The van der Waals surface area contributed by atoms with Gasteiger partial charge in [-0.15, -0.1) is 0 Å². The van der Waals surface area contributed by atoms with Gasteiger partial charge in [0.25, 0.3) is 0 Å². The molecular weight excluding hydrogens is 1770 g/mol. The van der Waals surface area contributed by atoms with Crippen molar-refractivity contribution in [3.05, 3.63) is 492 Å². The van der Waals surface area contributed by atoms with Crippen LogP contribution in [0.5, 0.6) is 46.0 Å². The van der Waals surface area contributed by atoms with E-state index in [4.69, 9.17) is 38.9 Å². The number of rotatable bonds is 8. The predicted molar refractivity (Wildman–Crippen MR) is 586 cm³/mol. The molecule has 144 heavy (non-hydrogen) atoms. The second-order valence-corrected chi connectivity index (χ2v) is 35.8. The molecule has 0 atom stereocenters. The minimum atomic E-state index is 0.595. The van der Waals surface area contributed by atoms with Gasteiger partial charge in [-0.05, 0) is 146 Å². The number of hydrogen-bond donors (Lipinski definition) is 0. The van der Waals surface area contributed by atoms with Gasteiger partial charge in [0.15, 0.2) is 46.0 Å². The minimum Gasteiger partial charge on any atom is -0.452 e. The number of pyridine rings is 3.